The molecule has 3 aromatic rings. The summed E-state index contributed by atoms with van der Waals surface area (Å²) >= 11 is 0. The zero-order valence-electron chi connectivity index (χ0n) is 23.4. The Balaban J connectivity index is 1.38. The van der Waals surface area contributed by atoms with E-state index in [0.717, 1.165) is 40.6 Å². The Morgan fingerprint density at radius 1 is 1.18 bits per heavy atom. The molecule has 0 aliphatic carbocycles. The highest BCUT2D eigenvalue weighted by molar-refractivity contribution is 6.10. The van der Waals surface area contributed by atoms with Crippen LogP contribution in [0.25, 0.3) is 16.6 Å². The van der Waals surface area contributed by atoms with Crippen LogP contribution in [0.3, 0.4) is 0 Å². The first kappa shape index (κ1) is 27.9. The molecule has 1 aliphatic rings. The van der Waals surface area contributed by atoms with Crippen LogP contribution in [0.4, 0.5) is 16.4 Å². The number of likely N-dealkylation sites (tertiary alicyclic amines) is 1. The average molecular weight is 531 g/mol. The lowest BCUT2D eigenvalue weighted by Crippen LogP contribution is -2.42. The number of allylic oxidation sites excluding steroid dienone is 1. The summed E-state index contributed by atoms with van der Waals surface area (Å²) in [5, 5.41) is 11.5. The summed E-state index contributed by atoms with van der Waals surface area (Å²) in [6, 6.07) is 7.71. The van der Waals surface area contributed by atoms with E-state index in [1.165, 1.54) is 6.20 Å². The number of nitrogens with zero attached hydrogens (tertiary/aromatic N) is 6. The topological polar surface area (TPSA) is 132 Å². The number of carbonyl (C=O) groups excluding carboxylic acids is 1. The Morgan fingerprint density at radius 2 is 1.95 bits per heavy atom. The number of nitrogens with two attached hydrogens (primary N) is 1. The van der Waals surface area contributed by atoms with Crippen molar-refractivity contribution < 1.29 is 9.53 Å². The van der Waals surface area contributed by atoms with Crippen molar-refractivity contribution in [1.82, 2.24) is 25.1 Å². The summed E-state index contributed by atoms with van der Waals surface area (Å²) in [6.07, 6.45) is 8.41. The third kappa shape index (κ3) is 7.72. The summed E-state index contributed by atoms with van der Waals surface area (Å²) in [6.45, 7) is 11.9. The summed E-state index contributed by atoms with van der Waals surface area (Å²) in [4.78, 5) is 28.0. The molecule has 4 rings (SSSR count). The number of aromatic nitrogens is 4. The summed E-state index contributed by atoms with van der Waals surface area (Å²) < 4.78 is 5.48. The van der Waals surface area contributed by atoms with E-state index in [2.05, 4.69) is 39.3 Å². The molecule has 10 nitrogen and oxygen atoms in total. The fraction of sp³-hybridized carbons (Fsp3) is 0.448. The number of anilines is 2. The van der Waals surface area contributed by atoms with Gasteiger partial charge in [0.15, 0.2) is 5.82 Å². The number of pyridine rings is 2. The third-order valence-electron chi connectivity index (χ3n) is 6.51. The lowest BCUT2D eigenvalue weighted by Gasteiger charge is -2.32. The van der Waals surface area contributed by atoms with Crippen LogP contribution < -0.4 is 11.1 Å². The van der Waals surface area contributed by atoms with Crippen LogP contribution in [-0.2, 0) is 4.74 Å². The van der Waals surface area contributed by atoms with E-state index in [9.17, 15) is 4.79 Å². The second kappa shape index (κ2) is 12.2. The normalized spacial score (nSPS) is 15.3. The first-order valence-electron chi connectivity index (χ1n) is 13.4. The highest BCUT2D eigenvalue weighted by Gasteiger charge is 2.26. The van der Waals surface area contributed by atoms with Crippen molar-refractivity contribution in [2.24, 2.45) is 16.6 Å². The molecule has 39 heavy (non-hydrogen) atoms. The number of rotatable bonds is 7. The lowest BCUT2D eigenvalue weighted by molar-refractivity contribution is 0.0187. The molecule has 0 bridgehead atoms. The standard InChI is InChI=1S/C29H38N8O2/c1-19(2)21-13-27(36-33-18-21)35-26-7-6-24-25(34-26)12-22(17-32-24)23(14-30)16-31-15-20-8-10-37(11-9-20)28(38)39-29(3,4)5/h6-7,12-14,16-20H,8-11,15,30H2,1-5H3,(H,34,35,36). The lowest BCUT2D eigenvalue weighted by atomic mass is 9.97. The van der Waals surface area contributed by atoms with Gasteiger partial charge in [0.25, 0.3) is 0 Å². The van der Waals surface area contributed by atoms with Gasteiger partial charge in [0.05, 0.1) is 17.2 Å². The Bertz CT molecular complexity index is 1350. The summed E-state index contributed by atoms with van der Waals surface area (Å²) in [5.74, 6) is 2.05. The summed E-state index contributed by atoms with van der Waals surface area (Å²) in [5.41, 5.74) is 9.68. The Kier molecular flexibility index (Phi) is 8.73. The Hall–Kier alpha value is -4.08. The molecule has 1 aliphatic heterocycles. The quantitative estimate of drug-likeness (QED) is 0.393. The molecule has 0 radical (unpaired) electrons. The molecule has 10 heteroatoms. The largest absolute Gasteiger partial charge is 0.444 e. The van der Waals surface area contributed by atoms with E-state index in [1.807, 2.05) is 45.0 Å². The number of hydrogen-bond acceptors (Lipinski definition) is 9. The molecule has 0 spiro atoms. The van der Waals surface area contributed by atoms with Crippen molar-refractivity contribution in [3.05, 3.63) is 54.0 Å². The van der Waals surface area contributed by atoms with Gasteiger partial charge in [-0.05, 0) is 75.3 Å². The van der Waals surface area contributed by atoms with Crippen molar-refractivity contribution in [3.63, 3.8) is 0 Å². The number of ether oxygens (including phenoxy) is 1. The van der Waals surface area contributed by atoms with Crippen molar-refractivity contribution >= 4 is 40.6 Å². The number of fused-ring (bicyclic) bond motifs is 1. The molecule has 206 valence electrons. The molecule has 0 unspecified atom stereocenters. The number of piperidine rings is 1. The van der Waals surface area contributed by atoms with Crippen molar-refractivity contribution in [2.75, 3.05) is 25.0 Å². The highest BCUT2D eigenvalue weighted by atomic mass is 16.6. The maximum absolute atomic E-state index is 12.3. The molecular weight excluding hydrogens is 492 g/mol. The third-order valence-corrected chi connectivity index (χ3v) is 6.51. The molecule has 1 saturated heterocycles. The van der Waals surface area contributed by atoms with Crippen molar-refractivity contribution in [1.29, 1.82) is 0 Å². The van der Waals surface area contributed by atoms with Crippen molar-refractivity contribution in [3.8, 4) is 0 Å². The predicted octanol–water partition coefficient (Wildman–Crippen LogP) is 5.30. The van der Waals surface area contributed by atoms with Gasteiger partial charge in [0.1, 0.15) is 11.4 Å². The summed E-state index contributed by atoms with van der Waals surface area (Å²) in [7, 11) is 0. The highest BCUT2D eigenvalue weighted by Crippen LogP contribution is 2.23. The maximum atomic E-state index is 12.3. The minimum atomic E-state index is -0.484. The average Bonchev–Trinajstić information content (AvgIpc) is 2.90. The van der Waals surface area contributed by atoms with Crippen LogP contribution in [0.1, 0.15) is 64.5 Å². The van der Waals surface area contributed by atoms with Gasteiger partial charge in [-0.1, -0.05) is 13.8 Å². The van der Waals surface area contributed by atoms with E-state index in [0.29, 0.717) is 43.1 Å². The number of carbonyl (C=O) groups is 1. The predicted molar refractivity (Wildman–Crippen MR) is 155 cm³/mol. The van der Waals surface area contributed by atoms with Crippen LogP contribution in [0.2, 0.25) is 0 Å². The fourth-order valence-corrected chi connectivity index (χ4v) is 4.26. The van der Waals surface area contributed by atoms with Crippen LogP contribution >= 0.6 is 0 Å². The van der Waals surface area contributed by atoms with E-state index >= 15 is 0 Å². The van der Waals surface area contributed by atoms with E-state index < -0.39 is 5.60 Å². The van der Waals surface area contributed by atoms with E-state index in [-0.39, 0.29) is 6.09 Å². The fourth-order valence-electron chi connectivity index (χ4n) is 4.26. The molecule has 3 aromatic heterocycles. The van der Waals surface area contributed by atoms with Gasteiger partial charge in [-0.25, -0.2) is 9.78 Å². The maximum Gasteiger partial charge on any atom is 0.410 e. The Morgan fingerprint density at radius 3 is 2.64 bits per heavy atom. The van der Waals surface area contributed by atoms with E-state index in [4.69, 9.17) is 15.5 Å². The number of nitrogens with one attached hydrogen (secondary N) is 1. The number of amides is 1. The van der Waals surface area contributed by atoms with Gasteiger partial charge in [0, 0.05) is 49.4 Å². The minimum Gasteiger partial charge on any atom is -0.444 e. The van der Waals surface area contributed by atoms with Gasteiger partial charge >= 0.3 is 6.09 Å². The molecule has 1 amide bonds. The monoisotopic (exact) mass is 530 g/mol. The van der Waals surface area contributed by atoms with Crippen LogP contribution in [0.15, 0.2) is 47.9 Å². The molecule has 0 aromatic carbocycles. The molecule has 1 fully saturated rings. The number of hydrogen-bond donors (Lipinski definition) is 2. The van der Waals surface area contributed by atoms with Gasteiger partial charge < -0.3 is 20.7 Å². The van der Waals surface area contributed by atoms with Gasteiger partial charge in [-0.15, -0.1) is 5.10 Å². The second-order valence-corrected chi connectivity index (χ2v) is 11.1. The molecule has 4 heterocycles. The van der Waals surface area contributed by atoms with Crippen LogP contribution in [0.5, 0.6) is 0 Å². The zero-order valence-corrected chi connectivity index (χ0v) is 23.4. The molecule has 0 atom stereocenters. The number of aliphatic imine (C=N–C) groups is 1. The molecule has 3 N–H and O–H groups in total. The van der Waals surface area contributed by atoms with Crippen molar-refractivity contribution in [2.45, 2.75) is 59.0 Å². The first-order valence-corrected chi connectivity index (χ1v) is 13.4. The molecule has 0 saturated carbocycles. The second-order valence-electron chi connectivity index (χ2n) is 11.1. The van der Waals surface area contributed by atoms with Crippen LogP contribution in [-0.4, -0.2) is 62.6 Å². The zero-order chi connectivity index (χ0) is 28.0. The van der Waals surface area contributed by atoms with E-state index in [1.54, 1.807) is 23.5 Å². The van der Waals surface area contributed by atoms with Gasteiger partial charge in [-0.2, -0.15) is 5.10 Å². The van der Waals surface area contributed by atoms with Crippen LogP contribution in [0, 0.1) is 5.92 Å². The smallest absolute Gasteiger partial charge is 0.410 e. The SMILES string of the molecule is CC(C)c1cnnc(Nc2ccc3ncc(C(C=NCC4CCN(C(=O)OC(C)(C)C)CC4)=CN)cc3n2)c1. The minimum absolute atomic E-state index is 0.245. The Labute approximate surface area is 229 Å². The molecular formula is C29H38N8O2. The first-order chi connectivity index (χ1) is 18.6. The van der Waals surface area contributed by atoms with Gasteiger partial charge in [0.2, 0.25) is 0 Å². The van der Waals surface area contributed by atoms with Gasteiger partial charge in [-0.3, -0.25) is 9.98 Å².